The fourth-order valence-electron chi connectivity index (χ4n) is 5.43. The number of amides is 4. The Labute approximate surface area is 221 Å². The molecule has 2 aromatic carbocycles. The van der Waals surface area contributed by atoms with Gasteiger partial charge in [0.15, 0.2) is 0 Å². The van der Waals surface area contributed by atoms with Crippen molar-refractivity contribution in [3.8, 4) is 11.5 Å². The number of carbonyl (C=O) groups excluding carboxylic acids is 4. The van der Waals surface area contributed by atoms with Crippen molar-refractivity contribution in [2.45, 2.75) is 12.8 Å². The molecule has 200 valence electrons. The number of benzene rings is 2. The fourth-order valence-corrected chi connectivity index (χ4v) is 5.43. The van der Waals surface area contributed by atoms with E-state index in [0.29, 0.717) is 50.8 Å². The van der Waals surface area contributed by atoms with Crippen molar-refractivity contribution in [2.75, 3.05) is 63.3 Å². The van der Waals surface area contributed by atoms with E-state index in [4.69, 9.17) is 9.47 Å². The summed E-state index contributed by atoms with van der Waals surface area (Å²) >= 11 is 0. The Morgan fingerprint density at radius 1 is 0.632 bits per heavy atom. The van der Waals surface area contributed by atoms with Crippen LogP contribution in [-0.2, 0) is 19.2 Å². The average Bonchev–Trinajstić information content (AvgIpc) is 3.55. The maximum Gasteiger partial charge on any atom is 0.228 e. The minimum absolute atomic E-state index is 0.0526. The molecule has 4 amide bonds. The Balaban J connectivity index is 1.13. The van der Waals surface area contributed by atoms with Crippen molar-refractivity contribution in [2.24, 2.45) is 11.8 Å². The van der Waals surface area contributed by atoms with Gasteiger partial charge in [-0.3, -0.25) is 19.2 Å². The fraction of sp³-hybridized carbons (Fsp3) is 0.429. The molecule has 0 spiro atoms. The third kappa shape index (κ3) is 5.03. The van der Waals surface area contributed by atoms with Gasteiger partial charge in [-0.15, -0.1) is 0 Å². The van der Waals surface area contributed by atoms with Gasteiger partial charge in [-0.2, -0.15) is 0 Å². The smallest absolute Gasteiger partial charge is 0.228 e. The molecule has 0 N–H and O–H groups in total. The molecule has 5 rings (SSSR count). The Morgan fingerprint density at radius 2 is 0.974 bits per heavy atom. The molecule has 0 aromatic heterocycles. The van der Waals surface area contributed by atoms with Gasteiger partial charge in [-0.25, -0.2) is 0 Å². The number of piperazine rings is 1. The molecule has 3 aliphatic rings. The second-order valence-corrected chi connectivity index (χ2v) is 9.86. The minimum Gasteiger partial charge on any atom is -0.497 e. The quantitative estimate of drug-likeness (QED) is 0.576. The van der Waals surface area contributed by atoms with Gasteiger partial charge in [0.2, 0.25) is 23.6 Å². The van der Waals surface area contributed by atoms with Crippen LogP contribution < -0.4 is 19.3 Å². The number of carbonyl (C=O) groups is 4. The average molecular weight is 521 g/mol. The molecular formula is C28H32N4O6. The molecular weight excluding hydrogens is 488 g/mol. The number of hydrogen-bond donors (Lipinski definition) is 0. The number of hydrogen-bond acceptors (Lipinski definition) is 6. The van der Waals surface area contributed by atoms with Crippen LogP contribution in [0.1, 0.15) is 12.8 Å². The summed E-state index contributed by atoms with van der Waals surface area (Å²) in [6.45, 7) is 2.35. The summed E-state index contributed by atoms with van der Waals surface area (Å²) in [6.07, 6.45) is 0.352. The van der Waals surface area contributed by atoms with Gasteiger partial charge < -0.3 is 29.1 Å². The van der Waals surface area contributed by atoms with Gasteiger partial charge in [-0.05, 0) is 48.5 Å². The van der Waals surface area contributed by atoms with Crippen molar-refractivity contribution < 1.29 is 28.7 Å². The van der Waals surface area contributed by atoms with Gasteiger partial charge in [0.25, 0.3) is 0 Å². The van der Waals surface area contributed by atoms with Gasteiger partial charge in [-0.1, -0.05) is 0 Å². The highest BCUT2D eigenvalue weighted by Gasteiger charge is 2.40. The topological polar surface area (TPSA) is 99.7 Å². The van der Waals surface area contributed by atoms with Crippen LogP contribution in [0.2, 0.25) is 0 Å². The molecule has 38 heavy (non-hydrogen) atoms. The number of ether oxygens (including phenoxy) is 2. The normalized spacial score (nSPS) is 21.7. The maximum atomic E-state index is 13.2. The first-order valence-corrected chi connectivity index (χ1v) is 12.8. The zero-order valence-electron chi connectivity index (χ0n) is 21.7. The lowest BCUT2D eigenvalue weighted by Gasteiger charge is -2.36. The molecule has 3 aliphatic heterocycles. The van der Waals surface area contributed by atoms with Crippen molar-refractivity contribution in [1.29, 1.82) is 0 Å². The lowest BCUT2D eigenvalue weighted by atomic mass is 10.0. The van der Waals surface area contributed by atoms with E-state index in [2.05, 4.69) is 0 Å². The standard InChI is InChI=1S/C28H32N4O6/c1-37-23-7-3-21(4-8-23)31-17-19(15-25(31)33)27(35)29-11-13-30(14-12-29)28(36)20-16-26(34)32(18-20)22-5-9-24(38-2)10-6-22/h3-10,19-20H,11-18H2,1-2H3/t19-,20-/m0/s1. The first-order valence-electron chi connectivity index (χ1n) is 12.8. The van der Waals surface area contributed by atoms with Gasteiger partial charge in [0.05, 0.1) is 26.1 Å². The van der Waals surface area contributed by atoms with E-state index in [1.165, 1.54) is 0 Å². The molecule has 0 unspecified atom stereocenters. The van der Waals surface area contributed by atoms with Gasteiger partial charge in [0.1, 0.15) is 11.5 Å². The van der Waals surface area contributed by atoms with Crippen LogP contribution in [0.15, 0.2) is 48.5 Å². The Bertz CT molecular complexity index is 1110. The summed E-state index contributed by atoms with van der Waals surface area (Å²) in [5, 5.41) is 0. The first-order chi connectivity index (χ1) is 18.4. The van der Waals surface area contributed by atoms with E-state index in [9.17, 15) is 19.2 Å². The summed E-state index contributed by atoms with van der Waals surface area (Å²) < 4.78 is 10.4. The first kappa shape index (κ1) is 25.6. The third-order valence-electron chi connectivity index (χ3n) is 7.62. The summed E-state index contributed by atoms with van der Waals surface area (Å²) in [4.78, 5) is 58.5. The maximum absolute atomic E-state index is 13.2. The zero-order valence-corrected chi connectivity index (χ0v) is 21.7. The molecule has 3 heterocycles. The van der Waals surface area contributed by atoms with Crippen molar-refractivity contribution in [1.82, 2.24) is 9.80 Å². The van der Waals surface area contributed by atoms with E-state index in [1.54, 1.807) is 58.1 Å². The molecule has 2 aromatic rings. The number of anilines is 2. The van der Waals surface area contributed by atoms with Crippen molar-refractivity contribution in [3.63, 3.8) is 0 Å². The van der Waals surface area contributed by atoms with Crippen LogP contribution in [0.4, 0.5) is 11.4 Å². The van der Waals surface area contributed by atoms with Crippen molar-refractivity contribution >= 4 is 35.0 Å². The predicted molar refractivity (Wildman–Crippen MR) is 140 cm³/mol. The van der Waals surface area contributed by atoms with Crippen molar-refractivity contribution in [3.05, 3.63) is 48.5 Å². The highest BCUT2D eigenvalue weighted by atomic mass is 16.5. The number of rotatable bonds is 6. The molecule has 0 radical (unpaired) electrons. The Morgan fingerprint density at radius 3 is 1.29 bits per heavy atom. The molecule has 0 saturated carbocycles. The van der Waals surface area contributed by atoms with Gasteiger partial charge >= 0.3 is 0 Å². The zero-order chi connectivity index (χ0) is 26.8. The second kappa shape index (κ2) is 10.7. The highest BCUT2D eigenvalue weighted by Crippen LogP contribution is 2.30. The molecule has 2 atom stereocenters. The van der Waals surface area contributed by atoms with Crippen LogP contribution in [0.3, 0.4) is 0 Å². The molecule has 3 fully saturated rings. The summed E-state index contributed by atoms with van der Waals surface area (Å²) in [5.74, 6) is 0.345. The Kier molecular flexibility index (Phi) is 7.22. The lowest BCUT2D eigenvalue weighted by Crippen LogP contribution is -2.53. The van der Waals surface area contributed by atoms with E-state index in [-0.39, 0.29) is 36.5 Å². The largest absolute Gasteiger partial charge is 0.497 e. The third-order valence-corrected chi connectivity index (χ3v) is 7.62. The van der Waals surface area contributed by atoms with Crippen LogP contribution in [0.5, 0.6) is 11.5 Å². The number of methoxy groups -OCH3 is 2. The van der Waals surface area contributed by atoms with E-state index >= 15 is 0 Å². The second-order valence-electron chi connectivity index (χ2n) is 9.86. The van der Waals surface area contributed by atoms with E-state index in [1.807, 2.05) is 24.3 Å². The van der Waals surface area contributed by atoms with Crippen LogP contribution in [0.25, 0.3) is 0 Å². The summed E-state index contributed by atoms with van der Waals surface area (Å²) in [6, 6.07) is 14.4. The molecule has 10 heteroatoms. The summed E-state index contributed by atoms with van der Waals surface area (Å²) in [7, 11) is 3.17. The van der Waals surface area contributed by atoms with E-state index in [0.717, 1.165) is 11.4 Å². The minimum atomic E-state index is -0.405. The molecule has 3 saturated heterocycles. The molecule has 10 nitrogen and oxygen atoms in total. The predicted octanol–water partition coefficient (Wildman–Crippen LogP) is 1.78. The molecule has 0 aliphatic carbocycles. The SMILES string of the molecule is COc1ccc(N2C[C@@H](C(=O)N3CCN(C(=O)[C@H]4CC(=O)N(c5ccc(OC)cc5)C4)CC3)CC2=O)cc1. The van der Waals surface area contributed by atoms with Gasteiger partial charge in [0, 0.05) is 63.5 Å². The van der Waals surface area contributed by atoms with Crippen LogP contribution >= 0.6 is 0 Å². The summed E-state index contributed by atoms with van der Waals surface area (Å²) in [5.41, 5.74) is 1.49. The van der Waals surface area contributed by atoms with Crippen LogP contribution in [0, 0.1) is 11.8 Å². The van der Waals surface area contributed by atoms with Crippen LogP contribution in [-0.4, -0.2) is 86.9 Å². The highest BCUT2D eigenvalue weighted by molar-refractivity contribution is 6.01. The monoisotopic (exact) mass is 520 g/mol. The Hall–Kier alpha value is -4.08. The number of nitrogens with zero attached hydrogens (tertiary/aromatic N) is 4. The molecule has 0 bridgehead atoms. The lowest BCUT2D eigenvalue weighted by molar-refractivity contribution is -0.143. The van der Waals surface area contributed by atoms with E-state index < -0.39 is 11.8 Å².